The van der Waals surface area contributed by atoms with Crippen molar-refractivity contribution in [3.05, 3.63) is 71.8 Å². The highest BCUT2D eigenvalue weighted by molar-refractivity contribution is 7.99. The largest absolute Gasteiger partial charge is 0.497 e. The molecule has 1 heterocycles. The van der Waals surface area contributed by atoms with Crippen molar-refractivity contribution in [2.24, 2.45) is 4.36 Å². The highest BCUT2D eigenvalue weighted by atomic mass is 35.5. The second-order valence-electron chi connectivity index (χ2n) is 6.97. The molecule has 3 aromatic carbocycles. The van der Waals surface area contributed by atoms with Gasteiger partial charge in [0.2, 0.25) is 0 Å². The molecule has 0 spiro atoms. The molecule has 1 unspecified atom stereocenters. The molecular formula is C23H24ClN3O2S2. The van der Waals surface area contributed by atoms with E-state index in [0.29, 0.717) is 16.5 Å². The Labute approximate surface area is 193 Å². The first-order valence-electron chi connectivity index (χ1n) is 9.92. The van der Waals surface area contributed by atoms with Crippen molar-refractivity contribution in [1.82, 2.24) is 4.72 Å². The Bertz CT molecular complexity index is 1190. The summed E-state index contributed by atoms with van der Waals surface area (Å²) in [5.74, 6) is 0.723. The van der Waals surface area contributed by atoms with Crippen molar-refractivity contribution in [2.45, 2.75) is 21.1 Å². The average Bonchev–Trinajstić information content (AvgIpc) is 2.81. The van der Waals surface area contributed by atoms with Gasteiger partial charge in [0.1, 0.15) is 15.7 Å². The van der Waals surface area contributed by atoms with Crippen molar-refractivity contribution in [3.63, 3.8) is 0 Å². The molecule has 0 bridgehead atoms. The van der Waals surface area contributed by atoms with E-state index in [4.69, 9.17) is 16.3 Å². The SMILES string of the molecule is CN=S(=O)(NCCCN1c2ccccc2Sc2ccc(Cl)cc21)c1ccc(OC)cc1. The maximum Gasteiger partial charge on any atom is 0.137 e. The smallest absolute Gasteiger partial charge is 0.137 e. The quantitative estimate of drug-likeness (QED) is 0.427. The molecule has 0 aromatic heterocycles. The number of fused-ring (bicyclic) bond motifs is 2. The summed E-state index contributed by atoms with van der Waals surface area (Å²) in [7, 11) is 0.502. The van der Waals surface area contributed by atoms with Gasteiger partial charge in [-0.3, -0.25) is 0 Å². The third kappa shape index (κ3) is 4.70. The van der Waals surface area contributed by atoms with E-state index in [1.165, 1.54) is 15.5 Å². The molecule has 162 valence electrons. The zero-order valence-electron chi connectivity index (χ0n) is 17.4. The number of nitrogens with zero attached hydrogens (tertiary/aromatic N) is 2. The van der Waals surface area contributed by atoms with Crippen LogP contribution >= 0.6 is 23.4 Å². The number of benzene rings is 3. The van der Waals surface area contributed by atoms with E-state index in [-0.39, 0.29) is 0 Å². The highest BCUT2D eigenvalue weighted by Crippen LogP contribution is 2.48. The Morgan fingerprint density at radius 3 is 2.55 bits per heavy atom. The molecule has 0 saturated carbocycles. The lowest BCUT2D eigenvalue weighted by molar-refractivity contribution is 0.414. The Morgan fingerprint density at radius 2 is 1.81 bits per heavy atom. The fourth-order valence-electron chi connectivity index (χ4n) is 3.50. The van der Waals surface area contributed by atoms with Gasteiger partial charge in [-0.15, -0.1) is 0 Å². The molecule has 0 aliphatic carbocycles. The summed E-state index contributed by atoms with van der Waals surface area (Å²) in [6.07, 6.45) is 0.785. The summed E-state index contributed by atoms with van der Waals surface area (Å²) in [4.78, 5) is 5.33. The summed E-state index contributed by atoms with van der Waals surface area (Å²) >= 11 is 8.05. The second-order valence-corrected chi connectivity index (χ2v) is 10.7. The Balaban J connectivity index is 1.48. The molecule has 8 heteroatoms. The number of methoxy groups -OCH3 is 1. The van der Waals surface area contributed by atoms with Gasteiger partial charge in [-0.1, -0.05) is 35.5 Å². The average molecular weight is 474 g/mol. The minimum atomic E-state index is -2.69. The number of anilines is 2. The van der Waals surface area contributed by atoms with Crippen molar-refractivity contribution in [2.75, 3.05) is 32.1 Å². The lowest BCUT2D eigenvalue weighted by Gasteiger charge is -2.33. The topological polar surface area (TPSA) is 53.9 Å². The van der Waals surface area contributed by atoms with Crippen LogP contribution in [0.1, 0.15) is 6.42 Å². The molecule has 5 nitrogen and oxygen atoms in total. The van der Waals surface area contributed by atoms with E-state index >= 15 is 0 Å². The number of nitrogens with one attached hydrogen (secondary N) is 1. The van der Waals surface area contributed by atoms with E-state index in [2.05, 4.69) is 38.3 Å². The summed E-state index contributed by atoms with van der Waals surface area (Å²) < 4.78 is 25.8. The predicted octanol–water partition coefficient (Wildman–Crippen LogP) is 6.00. The number of hydrogen-bond acceptors (Lipinski definition) is 5. The standard InChI is InChI=1S/C23H24ClN3O2S2/c1-25-31(28,19-11-9-18(29-2)10-12-19)26-14-5-15-27-20-6-3-4-7-22(20)30-23-13-8-17(24)16-21(23)27/h3-4,6-13,16H,5,14-15H2,1-2H3,(H,25,26,28). The van der Waals surface area contributed by atoms with Crippen LogP contribution in [0.5, 0.6) is 5.75 Å². The van der Waals surface area contributed by atoms with E-state index in [1.54, 1.807) is 50.2 Å². The summed E-state index contributed by atoms with van der Waals surface area (Å²) in [5.41, 5.74) is 2.27. The predicted molar refractivity (Wildman–Crippen MR) is 129 cm³/mol. The summed E-state index contributed by atoms with van der Waals surface area (Å²) in [6, 6.07) is 21.5. The zero-order valence-corrected chi connectivity index (χ0v) is 19.8. The first-order valence-corrected chi connectivity index (χ1v) is 12.6. The van der Waals surface area contributed by atoms with Crippen LogP contribution in [0.25, 0.3) is 0 Å². The number of halogens is 1. The monoisotopic (exact) mass is 473 g/mol. The molecule has 1 N–H and O–H groups in total. The maximum atomic E-state index is 13.3. The maximum absolute atomic E-state index is 13.3. The minimum Gasteiger partial charge on any atom is -0.497 e. The Kier molecular flexibility index (Phi) is 6.77. The van der Waals surface area contributed by atoms with Crippen LogP contribution in [0.15, 0.2) is 85.8 Å². The van der Waals surface area contributed by atoms with E-state index < -0.39 is 9.92 Å². The molecule has 0 fully saturated rings. The fraction of sp³-hybridized carbons (Fsp3) is 0.217. The van der Waals surface area contributed by atoms with Gasteiger partial charge in [0.15, 0.2) is 0 Å². The van der Waals surface area contributed by atoms with E-state index in [1.807, 2.05) is 18.2 Å². The number of ether oxygens (including phenoxy) is 1. The van der Waals surface area contributed by atoms with Gasteiger partial charge in [-0.2, -0.15) is 0 Å². The number of para-hydroxylation sites is 1. The van der Waals surface area contributed by atoms with Gasteiger partial charge in [0.25, 0.3) is 0 Å². The molecule has 0 amide bonds. The highest BCUT2D eigenvalue weighted by Gasteiger charge is 2.23. The lowest BCUT2D eigenvalue weighted by atomic mass is 10.2. The minimum absolute atomic E-state index is 0.559. The number of hydrogen-bond donors (Lipinski definition) is 1. The third-order valence-corrected chi connectivity index (χ3v) is 8.47. The van der Waals surface area contributed by atoms with Crippen LogP contribution in [-0.2, 0) is 9.92 Å². The van der Waals surface area contributed by atoms with Crippen LogP contribution in [0, 0.1) is 0 Å². The molecular weight excluding hydrogens is 450 g/mol. The molecule has 0 radical (unpaired) electrons. The molecule has 4 rings (SSSR count). The van der Waals surface area contributed by atoms with Gasteiger partial charge in [0.05, 0.1) is 23.4 Å². The molecule has 1 atom stereocenters. The van der Waals surface area contributed by atoms with Crippen LogP contribution < -0.4 is 14.4 Å². The van der Waals surface area contributed by atoms with Crippen molar-refractivity contribution in [3.8, 4) is 5.75 Å². The summed E-state index contributed by atoms with van der Waals surface area (Å²) in [6.45, 7) is 1.32. The number of rotatable bonds is 7. The zero-order chi connectivity index (χ0) is 21.8. The molecule has 0 saturated heterocycles. The molecule has 31 heavy (non-hydrogen) atoms. The van der Waals surface area contributed by atoms with Crippen molar-refractivity contribution < 1.29 is 8.95 Å². The van der Waals surface area contributed by atoms with Crippen LogP contribution in [0.4, 0.5) is 11.4 Å². The molecule has 1 aliphatic heterocycles. The van der Waals surface area contributed by atoms with Crippen molar-refractivity contribution >= 4 is 44.7 Å². The van der Waals surface area contributed by atoms with Crippen LogP contribution in [0.2, 0.25) is 5.02 Å². The summed E-state index contributed by atoms with van der Waals surface area (Å²) in [5, 5.41) is 0.717. The molecule has 3 aromatic rings. The van der Waals surface area contributed by atoms with Crippen molar-refractivity contribution in [1.29, 1.82) is 0 Å². The fourth-order valence-corrected chi connectivity index (χ4v) is 6.18. The van der Waals surface area contributed by atoms with Gasteiger partial charge >= 0.3 is 0 Å². The first-order chi connectivity index (χ1) is 15.0. The van der Waals surface area contributed by atoms with Gasteiger partial charge < -0.3 is 9.64 Å². The Hall–Kier alpha value is -2.19. The Morgan fingerprint density at radius 1 is 1.06 bits per heavy atom. The van der Waals surface area contributed by atoms with Gasteiger partial charge in [-0.25, -0.2) is 13.3 Å². The van der Waals surface area contributed by atoms with E-state index in [9.17, 15) is 4.21 Å². The lowest BCUT2D eigenvalue weighted by Crippen LogP contribution is -2.29. The second kappa shape index (κ2) is 9.53. The molecule has 1 aliphatic rings. The van der Waals surface area contributed by atoms with E-state index in [0.717, 1.165) is 24.4 Å². The van der Waals surface area contributed by atoms with Gasteiger partial charge in [-0.05, 0) is 61.0 Å². The van der Waals surface area contributed by atoms with Crippen LogP contribution in [0.3, 0.4) is 0 Å². The first kappa shape index (κ1) is 22.0. The third-order valence-electron chi connectivity index (χ3n) is 5.08. The normalized spacial score (nSPS) is 14.4. The van der Waals surface area contributed by atoms with Crippen LogP contribution in [-0.4, -0.2) is 31.5 Å². The van der Waals surface area contributed by atoms with Gasteiger partial charge in [0, 0.05) is 35.0 Å².